The monoisotopic (exact) mass is 183 g/mol. The average molecular weight is 183 g/mol. The number of amides is 1. The van der Waals surface area contributed by atoms with Gasteiger partial charge in [-0.2, -0.15) is 0 Å². The van der Waals surface area contributed by atoms with E-state index in [2.05, 4.69) is 0 Å². The third-order valence-corrected chi connectivity index (χ3v) is 1.32. The maximum absolute atomic E-state index is 11.0. The molecule has 13 heavy (non-hydrogen) atoms. The maximum Gasteiger partial charge on any atom is 0.323 e. The molecular formula is C9H13NO3. The van der Waals surface area contributed by atoms with E-state index >= 15 is 0 Å². The van der Waals surface area contributed by atoms with E-state index in [-0.39, 0.29) is 12.5 Å². The number of carbonyl (C=O) groups excluding carboxylic acids is 1. The Bertz CT molecular complexity index is 240. The molecule has 0 aliphatic rings. The first-order chi connectivity index (χ1) is 5.97. The lowest BCUT2D eigenvalue weighted by atomic mass is 10.2. The van der Waals surface area contributed by atoms with Crippen LogP contribution >= 0.6 is 0 Å². The van der Waals surface area contributed by atoms with Gasteiger partial charge in [0, 0.05) is 6.54 Å². The molecule has 0 saturated carbocycles. The summed E-state index contributed by atoms with van der Waals surface area (Å²) in [6, 6.07) is 0. The van der Waals surface area contributed by atoms with Crippen molar-refractivity contribution in [3.63, 3.8) is 0 Å². The summed E-state index contributed by atoms with van der Waals surface area (Å²) < 4.78 is 0. The number of carboxylic acid groups (broad SMARTS) is 1. The van der Waals surface area contributed by atoms with Gasteiger partial charge in [0.25, 0.3) is 5.91 Å². The lowest BCUT2D eigenvalue weighted by Gasteiger charge is -2.19. The predicted octanol–water partition coefficient (Wildman–Crippen LogP) is 0.189. The van der Waals surface area contributed by atoms with Crippen molar-refractivity contribution >= 4 is 11.9 Å². The van der Waals surface area contributed by atoms with E-state index in [1.165, 1.54) is 0 Å². The van der Waals surface area contributed by atoms with Crippen LogP contribution in [0.1, 0.15) is 13.8 Å². The van der Waals surface area contributed by atoms with Crippen molar-refractivity contribution in [3.8, 4) is 12.3 Å². The maximum atomic E-state index is 11.0. The fourth-order valence-corrected chi connectivity index (χ4v) is 0.915. The first-order valence-electron chi connectivity index (χ1n) is 3.94. The van der Waals surface area contributed by atoms with Crippen LogP contribution in [0.2, 0.25) is 0 Å². The molecule has 0 unspecified atom stereocenters. The van der Waals surface area contributed by atoms with Crippen LogP contribution in [0, 0.1) is 18.3 Å². The molecule has 0 aromatic rings. The molecule has 4 nitrogen and oxygen atoms in total. The number of aliphatic carboxylic acids is 1. The minimum atomic E-state index is -1.05. The third-order valence-electron chi connectivity index (χ3n) is 1.32. The van der Waals surface area contributed by atoms with Gasteiger partial charge in [-0.15, -0.1) is 6.42 Å². The van der Waals surface area contributed by atoms with Gasteiger partial charge in [-0.05, 0) is 11.8 Å². The Balaban J connectivity index is 4.29. The van der Waals surface area contributed by atoms with Crippen molar-refractivity contribution < 1.29 is 14.7 Å². The van der Waals surface area contributed by atoms with E-state index in [9.17, 15) is 9.59 Å². The smallest absolute Gasteiger partial charge is 0.323 e. The molecule has 0 aromatic carbocycles. The van der Waals surface area contributed by atoms with Crippen LogP contribution in [-0.2, 0) is 9.59 Å². The van der Waals surface area contributed by atoms with Crippen LogP contribution in [0.5, 0.6) is 0 Å². The second kappa shape index (κ2) is 5.20. The molecule has 0 fully saturated rings. The van der Waals surface area contributed by atoms with Gasteiger partial charge in [0.2, 0.25) is 0 Å². The van der Waals surface area contributed by atoms with E-state index in [0.717, 1.165) is 4.90 Å². The number of terminal acetylenes is 1. The van der Waals surface area contributed by atoms with Crippen LogP contribution in [0.15, 0.2) is 0 Å². The van der Waals surface area contributed by atoms with Gasteiger partial charge < -0.3 is 10.0 Å². The zero-order valence-electron chi connectivity index (χ0n) is 7.78. The van der Waals surface area contributed by atoms with E-state index < -0.39 is 11.9 Å². The van der Waals surface area contributed by atoms with Gasteiger partial charge in [-0.3, -0.25) is 9.59 Å². The fourth-order valence-electron chi connectivity index (χ4n) is 0.915. The molecule has 1 N–H and O–H groups in total. The molecule has 0 rings (SSSR count). The fraction of sp³-hybridized carbons (Fsp3) is 0.556. The first kappa shape index (κ1) is 11.5. The van der Waals surface area contributed by atoms with E-state index in [4.69, 9.17) is 11.5 Å². The van der Waals surface area contributed by atoms with Gasteiger partial charge in [0.1, 0.15) is 6.54 Å². The molecule has 0 saturated heterocycles. The Labute approximate surface area is 77.5 Å². The Morgan fingerprint density at radius 1 is 1.54 bits per heavy atom. The summed E-state index contributed by atoms with van der Waals surface area (Å²) in [6.45, 7) is 3.81. The number of hydrogen-bond acceptors (Lipinski definition) is 2. The molecule has 0 spiro atoms. The summed E-state index contributed by atoms with van der Waals surface area (Å²) >= 11 is 0. The molecule has 0 aliphatic heterocycles. The summed E-state index contributed by atoms with van der Waals surface area (Å²) in [5, 5.41) is 8.48. The number of hydrogen-bond donors (Lipinski definition) is 1. The molecule has 1 amide bonds. The quantitative estimate of drug-likeness (QED) is 0.633. The van der Waals surface area contributed by atoms with Crippen molar-refractivity contribution in [3.05, 3.63) is 0 Å². The standard InChI is InChI=1S/C9H13NO3/c1-4-8(11)10(5-7(2)3)6-9(12)13/h1,7H,5-6H2,2-3H3,(H,12,13). The number of nitrogens with zero attached hydrogens (tertiary/aromatic N) is 1. The van der Waals surface area contributed by atoms with Crippen molar-refractivity contribution in [2.24, 2.45) is 5.92 Å². The topological polar surface area (TPSA) is 57.6 Å². The first-order valence-corrected chi connectivity index (χ1v) is 3.94. The summed E-state index contributed by atoms with van der Waals surface area (Å²) in [4.78, 5) is 22.5. The Kier molecular flexibility index (Phi) is 4.60. The highest BCUT2D eigenvalue weighted by molar-refractivity contribution is 5.94. The number of carboxylic acids is 1. The van der Waals surface area contributed by atoms with Gasteiger partial charge in [0.05, 0.1) is 0 Å². The van der Waals surface area contributed by atoms with Crippen LogP contribution in [0.25, 0.3) is 0 Å². The highest BCUT2D eigenvalue weighted by Gasteiger charge is 2.15. The summed E-state index contributed by atoms with van der Waals surface area (Å²) in [5.74, 6) is 0.480. The van der Waals surface area contributed by atoms with E-state index in [1.54, 1.807) is 0 Å². The van der Waals surface area contributed by atoms with E-state index in [0.29, 0.717) is 6.54 Å². The second-order valence-corrected chi connectivity index (χ2v) is 3.12. The zero-order valence-corrected chi connectivity index (χ0v) is 7.78. The molecule has 0 aromatic heterocycles. The minimum absolute atomic E-state index is 0.205. The van der Waals surface area contributed by atoms with Gasteiger partial charge in [-0.1, -0.05) is 13.8 Å². The van der Waals surface area contributed by atoms with Crippen molar-refractivity contribution in [1.82, 2.24) is 4.90 Å². The van der Waals surface area contributed by atoms with Crippen LogP contribution in [0.3, 0.4) is 0 Å². The molecular weight excluding hydrogens is 170 g/mol. The average Bonchev–Trinajstić information content (AvgIpc) is 2.00. The largest absolute Gasteiger partial charge is 0.480 e. The molecule has 0 heterocycles. The molecule has 72 valence electrons. The van der Waals surface area contributed by atoms with Crippen molar-refractivity contribution in [1.29, 1.82) is 0 Å². The van der Waals surface area contributed by atoms with Crippen LogP contribution in [0.4, 0.5) is 0 Å². The Hall–Kier alpha value is -1.50. The Morgan fingerprint density at radius 3 is 2.38 bits per heavy atom. The van der Waals surface area contributed by atoms with E-state index in [1.807, 2.05) is 19.8 Å². The van der Waals surface area contributed by atoms with Crippen LogP contribution < -0.4 is 0 Å². The molecule has 0 bridgehead atoms. The molecule has 4 heteroatoms. The lowest BCUT2D eigenvalue weighted by molar-refractivity contribution is -0.142. The highest BCUT2D eigenvalue weighted by atomic mass is 16.4. The lowest BCUT2D eigenvalue weighted by Crippen LogP contribution is -2.37. The Morgan fingerprint density at radius 2 is 2.08 bits per heavy atom. The molecule has 0 atom stereocenters. The van der Waals surface area contributed by atoms with Gasteiger partial charge in [-0.25, -0.2) is 0 Å². The summed E-state index contributed by atoms with van der Waals surface area (Å²) in [5.41, 5.74) is 0. The predicted molar refractivity (Wildman–Crippen MR) is 47.9 cm³/mol. The zero-order chi connectivity index (χ0) is 10.4. The normalized spacial score (nSPS) is 9.38. The molecule has 0 radical (unpaired) electrons. The van der Waals surface area contributed by atoms with Crippen molar-refractivity contribution in [2.45, 2.75) is 13.8 Å². The minimum Gasteiger partial charge on any atom is -0.480 e. The second-order valence-electron chi connectivity index (χ2n) is 3.12. The van der Waals surface area contributed by atoms with Crippen LogP contribution in [-0.4, -0.2) is 35.0 Å². The summed E-state index contributed by atoms with van der Waals surface area (Å²) in [7, 11) is 0. The number of rotatable bonds is 4. The molecule has 0 aliphatic carbocycles. The third kappa shape index (κ3) is 4.86. The highest BCUT2D eigenvalue weighted by Crippen LogP contribution is 1.98. The van der Waals surface area contributed by atoms with Crippen molar-refractivity contribution in [2.75, 3.05) is 13.1 Å². The van der Waals surface area contributed by atoms with Gasteiger partial charge >= 0.3 is 5.97 Å². The summed E-state index contributed by atoms with van der Waals surface area (Å²) in [6.07, 6.45) is 4.89. The van der Waals surface area contributed by atoms with Gasteiger partial charge in [0.15, 0.2) is 0 Å². The number of carbonyl (C=O) groups is 2. The SMILES string of the molecule is C#CC(=O)N(CC(=O)O)CC(C)C.